The van der Waals surface area contributed by atoms with Crippen molar-refractivity contribution in [2.45, 2.75) is 53.4 Å². The van der Waals surface area contributed by atoms with Crippen LogP contribution in [0.15, 0.2) is 0 Å². The molecule has 2 bridgehead atoms. The molecule has 2 aliphatic rings. The lowest BCUT2D eigenvalue weighted by molar-refractivity contribution is 0.423. The molecule has 2 saturated heterocycles. The summed E-state index contributed by atoms with van der Waals surface area (Å²) in [6.07, 6.45) is 4.71. The molecule has 0 spiro atoms. The summed E-state index contributed by atoms with van der Waals surface area (Å²) in [6.45, 7) is 2.18. The van der Waals surface area contributed by atoms with Gasteiger partial charge in [-0.05, 0) is 32.6 Å². The fraction of sp³-hybridized carbons (Fsp3) is 1.00. The van der Waals surface area contributed by atoms with Crippen LogP contribution in [0.25, 0.3) is 0 Å². The molecule has 2 rings (SSSR count). The van der Waals surface area contributed by atoms with Gasteiger partial charge in [0.15, 0.2) is 0 Å². The highest BCUT2D eigenvalue weighted by Crippen LogP contribution is 2.50. The second-order valence-corrected chi connectivity index (χ2v) is 6.94. The van der Waals surface area contributed by atoms with E-state index in [0.29, 0.717) is 15.9 Å². The molecular weight excluding hydrogens is 211 g/mol. The zero-order valence-electron chi connectivity index (χ0n) is 7.22. The van der Waals surface area contributed by atoms with Gasteiger partial charge in [-0.15, -0.1) is 23.2 Å². The molecule has 4 atom stereocenters. The highest BCUT2D eigenvalue weighted by atomic mass is 35.5. The van der Waals surface area contributed by atoms with E-state index in [1.165, 1.54) is 12.8 Å². The van der Waals surface area contributed by atoms with E-state index in [1.807, 2.05) is 11.8 Å². The smallest absolute Gasteiger partial charge is 0.0537 e. The quantitative estimate of drug-likeness (QED) is 0.567. The van der Waals surface area contributed by atoms with Crippen molar-refractivity contribution in [3.05, 3.63) is 0 Å². The first-order chi connectivity index (χ1) is 5.59. The minimum absolute atomic E-state index is 0.0399. The Labute approximate surface area is 88.4 Å². The van der Waals surface area contributed by atoms with E-state index >= 15 is 0 Å². The van der Waals surface area contributed by atoms with Gasteiger partial charge < -0.3 is 0 Å². The minimum Gasteiger partial charge on any atom is -0.152 e. The van der Waals surface area contributed by atoms with E-state index in [0.717, 1.165) is 12.8 Å². The Bertz CT molecular complexity index is 181. The summed E-state index contributed by atoms with van der Waals surface area (Å²) in [7, 11) is 0. The van der Waals surface area contributed by atoms with Crippen LogP contribution in [0.2, 0.25) is 0 Å². The van der Waals surface area contributed by atoms with E-state index in [-0.39, 0.29) is 4.87 Å². The number of rotatable bonds is 0. The highest BCUT2D eigenvalue weighted by molar-refractivity contribution is 8.00. The molecule has 0 saturated carbocycles. The molecule has 0 aliphatic carbocycles. The largest absolute Gasteiger partial charge is 0.152 e. The molecule has 2 heterocycles. The van der Waals surface area contributed by atoms with E-state index in [4.69, 9.17) is 23.2 Å². The molecule has 0 aromatic carbocycles. The van der Waals surface area contributed by atoms with Crippen LogP contribution in [0.3, 0.4) is 0 Å². The summed E-state index contributed by atoms with van der Waals surface area (Å²) in [4.78, 5) is 0.0399. The summed E-state index contributed by atoms with van der Waals surface area (Å²) < 4.78 is 0. The molecule has 0 aromatic heterocycles. The normalized spacial score (nSPS) is 53.8. The number of fused-ring (bicyclic) bond motifs is 2. The van der Waals surface area contributed by atoms with Crippen molar-refractivity contribution in [3.8, 4) is 0 Å². The van der Waals surface area contributed by atoms with Crippen molar-refractivity contribution >= 4 is 35.0 Å². The van der Waals surface area contributed by atoms with Gasteiger partial charge in [-0.2, -0.15) is 11.8 Å². The van der Waals surface area contributed by atoms with Crippen LogP contribution in [-0.2, 0) is 0 Å². The van der Waals surface area contributed by atoms with Crippen LogP contribution in [0.5, 0.6) is 0 Å². The van der Waals surface area contributed by atoms with Crippen LogP contribution >= 0.6 is 35.0 Å². The second-order valence-electron chi connectivity index (χ2n) is 4.07. The summed E-state index contributed by atoms with van der Waals surface area (Å²) in [5, 5.41) is 1.73. The third kappa shape index (κ3) is 1.60. The third-order valence-corrected chi connectivity index (χ3v) is 6.29. The van der Waals surface area contributed by atoms with Gasteiger partial charge >= 0.3 is 0 Å². The van der Waals surface area contributed by atoms with E-state index in [1.54, 1.807) is 0 Å². The third-order valence-electron chi connectivity index (χ3n) is 3.04. The van der Waals surface area contributed by atoms with Crippen LogP contribution < -0.4 is 0 Å². The molecule has 0 aromatic rings. The van der Waals surface area contributed by atoms with Gasteiger partial charge in [0.25, 0.3) is 0 Å². The summed E-state index contributed by atoms with van der Waals surface area (Å²) in [5.74, 6) is 0. The Kier molecular flexibility index (Phi) is 2.57. The topological polar surface area (TPSA) is 0 Å². The standard InChI is InChI=1S/C9H14Cl2S/c1-9(11)5-4-7-6(10)2-3-8(9)12-7/h6-8H,2-5H2,1H3. The monoisotopic (exact) mass is 224 g/mol. The Hall–Kier alpha value is 0.930. The van der Waals surface area contributed by atoms with Crippen molar-refractivity contribution in [3.63, 3.8) is 0 Å². The zero-order chi connectivity index (χ0) is 8.77. The molecule has 2 aliphatic heterocycles. The van der Waals surface area contributed by atoms with Gasteiger partial charge in [0, 0.05) is 15.9 Å². The van der Waals surface area contributed by atoms with Gasteiger partial charge in [-0.3, -0.25) is 0 Å². The van der Waals surface area contributed by atoms with E-state index < -0.39 is 0 Å². The Morgan fingerprint density at radius 2 is 2.08 bits per heavy atom. The van der Waals surface area contributed by atoms with Gasteiger partial charge in [0.05, 0.1) is 4.87 Å². The molecule has 0 radical (unpaired) electrons. The van der Waals surface area contributed by atoms with Crippen LogP contribution in [0.1, 0.15) is 32.6 Å². The molecule has 0 N–H and O–H groups in total. The SMILES string of the molecule is CC1(Cl)CCC2SC1CCC2Cl. The number of thioether (sulfide) groups is 1. The lowest BCUT2D eigenvalue weighted by atomic mass is 9.90. The van der Waals surface area contributed by atoms with Gasteiger partial charge in [-0.1, -0.05) is 0 Å². The summed E-state index contributed by atoms with van der Waals surface area (Å²) in [6, 6.07) is 0. The molecule has 0 amide bonds. The average molecular weight is 225 g/mol. The number of halogens is 2. The van der Waals surface area contributed by atoms with Crippen molar-refractivity contribution in [2.75, 3.05) is 0 Å². The lowest BCUT2D eigenvalue weighted by Crippen LogP contribution is -2.44. The maximum absolute atomic E-state index is 6.42. The highest BCUT2D eigenvalue weighted by Gasteiger charge is 2.44. The van der Waals surface area contributed by atoms with E-state index in [2.05, 4.69) is 6.92 Å². The molecule has 3 heteroatoms. The second kappa shape index (κ2) is 3.25. The Morgan fingerprint density at radius 3 is 2.83 bits per heavy atom. The first-order valence-corrected chi connectivity index (χ1v) is 6.34. The summed E-state index contributed by atoms with van der Waals surface area (Å²) in [5.41, 5.74) is 0. The summed E-state index contributed by atoms with van der Waals surface area (Å²) >= 11 is 14.7. The Balaban J connectivity index is 2.09. The maximum Gasteiger partial charge on any atom is 0.0537 e. The van der Waals surface area contributed by atoms with Crippen LogP contribution in [0.4, 0.5) is 0 Å². The molecule has 70 valence electrons. The van der Waals surface area contributed by atoms with Crippen LogP contribution in [0, 0.1) is 0 Å². The Morgan fingerprint density at radius 1 is 1.33 bits per heavy atom. The van der Waals surface area contributed by atoms with Gasteiger partial charge in [0.2, 0.25) is 0 Å². The average Bonchev–Trinajstić information content (AvgIpc) is 2.02. The molecular formula is C9H14Cl2S. The zero-order valence-corrected chi connectivity index (χ0v) is 9.55. The number of alkyl halides is 2. The molecule has 0 nitrogen and oxygen atoms in total. The predicted molar refractivity (Wildman–Crippen MR) is 57.5 cm³/mol. The van der Waals surface area contributed by atoms with Crippen LogP contribution in [-0.4, -0.2) is 20.8 Å². The van der Waals surface area contributed by atoms with Crippen molar-refractivity contribution < 1.29 is 0 Å². The minimum atomic E-state index is 0.0399. The number of hydrogen-bond acceptors (Lipinski definition) is 1. The first kappa shape index (κ1) is 9.48. The van der Waals surface area contributed by atoms with Crippen molar-refractivity contribution in [1.82, 2.24) is 0 Å². The molecule has 4 unspecified atom stereocenters. The fourth-order valence-corrected chi connectivity index (χ4v) is 4.60. The molecule has 12 heavy (non-hydrogen) atoms. The van der Waals surface area contributed by atoms with Gasteiger partial charge in [0.1, 0.15) is 0 Å². The number of hydrogen-bond donors (Lipinski definition) is 0. The van der Waals surface area contributed by atoms with Gasteiger partial charge in [-0.25, -0.2) is 0 Å². The molecule has 2 fully saturated rings. The fourth-order valence-electron chi connectivity index (χ4n) is 2.14. The lowest BCUT2D eigenvalue weighted by Gasteiger charge is -2.45. The van der Waals surface area contributed by atoms with Crippen molar-refractivity contribution in [2.24, 2.45) is 0 Å². The first-order valence-electron chi connectivity index (χ1n) is 4.58. The van der Waals surface area contributed by atoms with E-state index in [9.17, 15) is 0 Å². The van der Waals surface area contributed by atoms with Crippen molar-refractivity contribution in [1.29, 1.82) is 0 Å². The maximum atomic E-state index is 6.42. The predicted octanol–water partition coefficient (Wildman–Crippen LogP) is 3.65.